The van der Waals surface area contributed by atoms with Crippen LogP contribution in [0, 0.1) is 5.92 Å². The Morgan fingerprint density at radius 3 is 3.00 bits per heavy atom. The van der Waals surface area contributed by atoms with Crippen LogP contribution in [0.2, 0.25) is 0 Å². The van der Waals surface area contributed by atoms with Crippen molar-refractivity contribution in [1.29, 1.82) is 0 Å². The Labute approximate surface area is 94.8 Å². The summed E-state index contributed by atoms with van der Waals surface area (Å²) >= 11 is 2.08. The van der Waals surface area contributed by atoms with E-state index in [1.807, 2.05) is 11.7 Å². The van der Waals surface area contributed by atoms with Gasteiger partial charge in [-0.3, -0.25) is 4.68 Å². The smallest absolute Gasteiger partial charge is 0.140 e. The minimum absolute atomic E-state index is 0.833. The number of aromatic nitrogens is 3. The first-order valence-electron chi connectivity index (χ1n) is 5.47. The van der Waals surface area contributed by atoms with Crippen molar-refractivity contribution in [2.45, 2.75) is 19.4 Å². The van der Waals surface area contributed by atoms with Crippen LogP contribution in [-0.4, -0.2) is 32.8 Å². The molecule has 5 heteroatoms. The van der Waals surface area contributed by atoms with Crippen LogP contribution in [-0.2, 0) is 13.6 Å². The topological polar surface area (TPSA) is 42.7 Å². The molecule has 1 saturated heterocycles. The summed E-state index contributed by atoms with van der Waals surface area (Å²) in [5, 5.41) is 7.51. The van der Waals surface area contributed by atoms with Gasteiger partial charge in [0.1, 0.15) is 12.2 Å². The summed E-state index contributed by atoms with van der Waals surface area (Å²) in [6, 6.07) is 0. The molecule has 1 N–H and O–H groups in total. The van der Waals surface area contributed by atoms with Crippen molar-refractivity contribution in [3.63, 3.8) is 0 Å². The predicted molar refractivity (Wildman–Crippen MR) is 62.8 cm³/mol. The number of thioether (sulfide) groups is 1. The molecule has 1 aromatic rings. The fourth-order valence-corrected chi connectivity index (χ4v) is 3.02. The van der Waals surface area contributed by atoms with Crippen molar-refractivity contribution in [2.24, 2.45) is 13.0 Å². The molecule has 15 heavy (non-hydrogen) atoms. The van der Waals surface area contributed by atoms with E-state index < -0.39 is 0 Å². The van der Waals surface area contributed by atoms with E-state index in [-0.39, 0.29) is 0 Å². The maximum atomic E-state index is 4.18. The van der Waals surface area contributed by atoms with E-state index in [0.717, 1.165) is 24.8 Å². The van der Waals surface area contributed by atoms with E-state index in [4.69, 9.17) is 0 Å². The summed E-state index contributed by atoms with van der Waals surface area (Å²) in [4.78, 5) is 4.18. The maximum Gasteiger partial charge on any atom is 0.140 e. The summed E-state index contributed by atoms with van der Waals surface area (Å²) in [5.41, 5.74) is 0. The van der Waals surface area contributed by atoms with E-state index in [1.165, 1.54) is 24.3 Å². The highest BCUT2D eigenvalue weighted by molar-refractivity contribution is 7.99. The number of nitrogens with one attached hydrogen (secondary N) is 1. The first-order chi connectivity index (χ1) is 7.36. The SMILES string of the molecule is Cn1ncnc1CNCC1CCSCC1. The minimum Gasteiger partial charge on any atom is -0.310 e. The second-order valence-corrected chi connectivity index (χ2v) is 5.21. The van der Waals surface area contributed by atoms with Crippen LogP contribution in [0.4, 0.5) is 0 Å². The molecule has 0 amide bonds. The molecule has 0 spiro atoms. The van der Waals surface area contributed by atoms with E-state index in [2.05, 4.69) is 27.2 Å². The monoisotopic (exact) mass is 226 g/mol. The number of hydrogen-bond donors (Lipinski definition) is 1. The molecule has 0 radical (unpaired) electrons. The summed E-state index contributed by atoms with van der Waals surface area (Å²) in [6.07, 6.45) is 4.32. The zero-order chi connectivity index (χ0) is 10.5. The molecule has 1 aliphatic heterocycles. The van der Waals surface area contributed by atoms with Gasteiger partial charge in [-0.1, -0.05) is 0 Å². The van der Waals surface area contributed by atoms with Gasteiger partial charge < -0.3 is 5.32 Å². The van der Waals surface area contributed by atoms with Gasteiger partial charge in [0.05, 0.1) is 6.54 Å². The van der Waals surface area contributed by atoms with Crippen molar-refractivity contribution >= 4 is 11.8 Å². The van der Waals surface area contributed by atoms with E-state index in [1.54, 1.807) is 6.33 Å². The first-order valence-corrected chi connectivity index (χ1v) is 6.63. The van der Waals surface area contributed by atoms with Gasteiger partial charge in [-0.2, -0.15) is 16.9 Å². The maximum absolute atomic E-state index is 4.18. The van der Waals surface area contributed by atoms with Gasteiger partial charge in [0.2, 0.25) is 0 Å². The minimum atomic E-state index is 0.833. The molecule has 0 unspecified atom stereocenters. The largest absolute Gasteiger partial charge is 0.310 e. The third-order valence-electron chi connectivity index (χ3n) is 2.86. The van der Waals surface area contributed by atoms with E-state index in [0.29, 0.717) is 0 Å². The van der Waals surface area contributed by atoms with Crippen LogP contribution in [0.25, 0.3) is 0 Å². The van der Waals surface area contributed by atoms with Gasteiger partial charge in [0.15, 0.2) is 0 Å². The van der Waals surface area contributed by atoms with Gasteiger partial charge in [-0.15, -0.1) is 0 Å². The Balaban J connectivity index is 1.68. The predicted octanol–water partition coefficient (Wildman–Crippen LogP) is 1.05. The quantitative estimate of drug-likeness (QED) is 0.833. The van der Waals surface area contributed by atoms with Gasteiger partial charge in [0.25, 0.3) is 0 Å². The third kappa shape index (κ3) is 3.21. The molecule has 1 aromatic heterocycles. The normalized spacial score (nSPS) is 18.2. The number of hydrogen-bond acceptors (Lipinski definition) is 4. The number of rotatable bonds is 4. The van der Waals surface area contributed by atoms with Crippen LogP contribution >= 0.6 is 11.8 Å². The second kappa shape index (κ2) is 5.51. The number of aryl methyl sites for hydroxylation is 1. The molecule has 0 saturated carbocycles. The Morgan fingerprint density at radius 2 is 2.33 bits per heavy atom. The summed E-state index contributed by atoms with van der Waals surface area (Å²) < 4.78 is 1.82. The van der Waals surface area contributed by atoms with Crippen LogP contribution in [0.1, 0.15) is 18.7 Å². The van der Waals surface area contributed by atoms with Gasteiger partial charge >= 0.3 is 0 Å². The van der Waals surface area contributed by atoms with Crippen molar-refractivity contribution in [2.75, 3.05) is 18.1 Å². The van der Waals surface area contributed by atoms with Crippen LogP contribution in [0.5, 0.6) is 0 Å². The summed E-state index contributed by atoms with van der Waals surface area (Å²) in [7, 11) is 1.93. The molecule has 1 aliphatic rings. The fraction of sp³-hybridized carbons (Fsp3) is 0.800. The molecule has 4 nitrogen and oxygen atoms in total. The summed E-state index contributed by atoms with van der Waals surface area (Å²) in [5.74, 6) is 4.53. The molecule has 84 valence electrons. The lowest BCUT2D eigenvalue weighted by Gasteiger charge is -2.21. The van der Waals surface area contributed by atoms with Crippen LogP contribution < -0.4 is 5.32 Å². The number of nitrogens with zero attached hydrogens (tertiary/aromatic N) is 3. The van der Waals surface area contributed by atoms with Gasteiger partial charge in [-0.05, 0) is 36.8 Å². The van der Waals surface area contributed by atoms with Crippen LogP contribution in [0.15, 0.2) is 6.33 Å². The Morgan fingerprint density at radius 1 is 1.53 bits per heavy atom. The second-order valence-electron chi connectivity index (χ2n) is 3.99. The Hall–Kier alpha value is -0.550. The van der Waals surface area contributed by atoms with Crippen molar-refractivity contribution in [3.05, 3.63) is 12.2 Å². The Kier molecular flexibility index (Phi) is 4.02. The van der Waals surface area contributed by atoms with Gasteiger partial charge in [-0.25, -0.2) is 4.98 Å². The molecule has 2 rings (SSSR count). The first kappa shape index (κ1) is 11.0. The molecule has 1 fully saturated rings. The van der Waals surface area contributed by atoms with E-state index >= 15 is 0 Å². The molecular formula is C10H18N4S. The molecule has 0 atom stereocenters. The molecule has 2 heterocycles. The standard InChI is InChI=1S/C10H18N4S/c1-14-10(12-8-13-14)7-11-6-9-2-4-15-5-3-9/h8-9,11H,2-7H2,1H3. The lowest BCUT2D eigenvalue weighted by molar-refractivity contribution is 0.441. The third-order valence-corrected chi connectivity index (χ3v) is 3.91. The lowest BCUT2D eigenvalue weighted by Crippen LogP contribution is -2.26. The molecule has 0 bridgehead atoms. The highest BCUT2D eigenvalue weighted by atomic mass is 32.2. The van der Waals surface area contributed by atoms with E-state index in [9.17, 15) is 0 Å². The molecule has 0 aromatic carbocycles. The van der Waals surface area contributed by atoms with Crippen LogP contribution in [0.3, 0.4) is 0 Å². The Bertz CT molecular complexity index is 293. The molecular weight excluding hydrogens is 208 g/mol. The zero-order valence-electron chi connectivity index (χ0n) is 9.15. The highest BCUT2D eigenvalue weighted by Gasteiger charge is 2.13. The summed E-state index contributed by atoms with van der Waals surface area (Å²) in [6.45, 7) is 1.95. The average molecular weight is 226 g/mol. The molecule has 0 aliphatic carbocycles. The van der Waals surface area contributed by atoms with Crippen molar-refractivity contribution in [1.82, 2.24) is 20.1 Å². The zero-order valence-corrected chi connectivity index (χ0v) is 9.96. The highest BCUT2D eigenvalue weighted by Crippen LogP contribution is 2.21. The van der Waals surface area contributed by atoms with Crippen molar-refractivity contribution in [3.8, 4) is 0 Å². The fourth-order valence-electron chi connectivity index (χ4n) is 1.82. The average Bonchev–Trinajstić information content (AvgIpc) is 2.66. The lowest BCUT2D eigenvalue weighted by atomic mass is 10.0. The van der Waals surface area contributed by atoms with Gasteiger partial charge in [0, 0.05) is 7.05 Å². The van der Waals surface area contributed by atoms with Crippen molar-refractivity contribution < 1.29 is 0 Å².